The topological polar surface area (TPSA) is 26.0 Å². The van der Waals surface area contributed by atoms with Gasteiger partial charge < -0.3 is 5.73 Å². The molecule has 0 aliphatic heterocycles. The summed E-state index contributed by atoms with van der Waals surface area (Å²) >= 11 is 2.27. The first-order valence-corrected chi connectivity index (χ1v) is 5.15. The predicted octanol–water partition coefficient (Wildman–Crippen LogP) is 3.31. The molecule has 2 heteroatoms. The van der Waals surface area contributed by atoms with Crippen molar-refractivity contribution in [1.29, 1.82) is 0 Å². The van der Waals surface area contributed by atoms with Crippen LogP contribution in [0.15, 0.2) is 12.1 Å². The van der Waals surface area contributed by atoms with Gasteiger partial charge in [-0.2, -0.15) is 0 Å². The molecule has 2 N–H and O–H groups in total. The largest absolute Gasteiger partial charge is 0.398 e. The Labute approximate surface area is 87.5 Å². The summed E-state index contributed by atoms with van der Waals surface area (Å²) in [6, 6.07) is 4.23. The van der Waals surface area contributed by atoms with Gasteiger partial charge in [0, 0.05) is 9.26 Å². The van der Waals surface area contributed by atoms with Crippen LogP contribution in [0.1, 0.15) is 30.9 Å². The summed E-state index contributed by atoms with van der Waals surface area (Å²) in [5, 5.41) is 0. The predicted molar refractivity (Wildman–Crippen MR) is 62.4 cm³/mol. The molecule has 0 spiro atoms. The Balaban J connectivity index is 3.23. The van der Waals surface area contributed by atoms with Gasteiger partial charge in [0.2, 0.25) is 0 Å². The van der Waals surface area contributed by atoms with Crippen LogP contribution in [0, 0.1) is 10.5 Å². The highest BCUT2D eigenvalue weighted by atomic mass is 127. The van der Waals surface area contributed by atoms with E-state index in [0.29, 0.717) is 5.92 Å². The van der Waals surface area contributed by atoms with Gasteiger partial charge in [0.25, 0.3) is 0 Å². The molecule has 0 saturated carbocycles. The van der Waals surface area contributed by atoms with Gasteiger partial charge in [-0.1, -0.05) is 13.8 Å². The van der Waals surface area contributed by atoms with Gasteiger partial charge in [-0.25, -0.2) is 0 Å². The Bertz CT molecular complexity index is 292. The molecule has 0 aliphatic rings. The molecule has 0 unspecified atom stereocenters. The summed E-state index contributed by atoms with van der Waals surface area (Å²) in [5.41, 5.74) is 9.40. The van der Waals surface area contributed by atoms with Gasteiger partial charge in [-0.05, 0) is 58.7 Å². The average molecular weight is 275 g/mol. The van der Waals surface area contributed by atoms with E-state index in [0.717, 1.165) is 9.26 Å². The zero-order valence-electron chi connectivity index (χ0n) is 7.69. The standard InChI is InChI=1S/C10H14IN/c1-6(2)8-5-10(12)9(11)4-7(8)3/h4-6H,12H2,1-3H3. The lowest BCUT2D eigenvalue weighted by atomic mass is 9.98. The highest BCUT2D eigenvalue weighted by molar-refractivity contribution is 14.1. The summed E-state index contributed by atoms with van der Waals surface area (Å²) < 4.78 is 1.15. The summed E-state index contributed by atoms with van der Waals surface area (Å²) in [7, 11) is 0. The molecule has 0 fully saturated rings. The lowest BCUT2D eigenvalue weighted by Gasteiger charge is -2.11. The van der Waals surface area contributed by atoms with Crippen LogP contribution >= 0.6 is 22.6 Å². The molecule has 0 saturated heterocycles. The van der Waals surface area contributed by atoms with E-state index in [1.807, 2.05) is 0 Å². The molecule has 0 bridgehead atoms. The maximum absolute atomic E-state index is 5.82. The van der Waals surface area contributed by atoms with E-state index in [-0.39, 0.29) is 0 Å². The van der Waals surface area contributed by atoms with Crippen LogP contribution in [0.5, 0.6) is 0 Å². The van der Waals surface area contributed by atoms with E-state index in [9.17, 15) is 0 Å². The van der Waals surface area contributed by atoms with Crippen LogP contribution in [0.3, 0.4) is 0 Å². The Morgan fingerprint density at radius 3 is 2.42 bits per heavy atom. The average Bonchev–Trinajstić information content (AvgIpc) is 1.96. The van der Waals surface area contributed by atoms with Gasteiger partial charge in [0.1, 0.15) is 0 Å². The molecule has 12 heavy (non-hydrogen) atoms. The number of aryl methyl sites for hydroxylation is 1. The van der Waals surface area contributed by atoms with E-state index >= 15 is 0 Å². The minimum atomic E-state index is 0.560. The third-order valence-electron chi connectivity index (χ3n) is 2.01. The summed E-state index contributed by atoms with van der Waals surface area (Å²) in [6.45, 7) is 6.51. The van der Waals surface area contributed by atoms with Gasteiger partial charge in [-0.3, -0.25) is 0 Å². The summed E-state index contributed by atoms with van der Waals surface area (Å²) in [6.07, 6.45) is 0. The quantitative estimate of drug-likeness (QED) is 0.617. The second kappa shape index (κ2) is 3.64. The minimum Gasteiger partial charge on any atom is -0.398 e. The first-order chi connectivity index (χ1) is 5.52. The fraction of sp³-hybridized carbons (Fsp3) is 0.400. The zero-order valence-corrected chi connectivity index (χ0v) is 9.84. The molecular weight excluding hydrogens is 261 g/mol. The van der Waals surface area contributed by atoms with E-state index in [1.165, 1.54) is 11.1 Å². The molecular formula is C10H14IN. The second-order valence-electron chi connectivity index (χ2n) is 3.39. The van der Waals surface area contributed by atoms with Crippen molar-refractivity contribution in [2.24, 2.45) is 0 Å². The number of hydrogen-bond donors (Lipinski definition) is 1. The lowest BCUT2D eigenvalue weighted by molar-refractivity contribution is 0.856. The molecule has 0 aromatic heterocycles. The summed E-state index contributed by atoms with van der Waals surface area (Å²) in [4.78, 5) is 0. The van der Waals surface area contributed by atoms with E-state index in [2.05, 4.69) is 55.5 Å². The Hall–Kier alpha value is -0.250. The number of anilines is 1. The van der Waals surface area contributed by atoms with E-state index in [4.69, 9.17) is 5.73 Å². The fourth-order valence-corrected chi connectivity index (χ4v) is 1.95. The Morgan fingerprint density at radius 2 is 1.92 bits per heavy atom. The number of halogens is 1. The molecule has 1 rings (SSSR count). The summed E-state index contributed by atoms with van der Waals surface area (Å²) in [5.74, 6) is 0.560. The first kappa shape index (κ1) is 9.84. The fourth-order valence-electron chi connectivity index (χ4n) is 1.33. The van der Waals surface area contributed by atoms with Crippen molar-refractivity contribution >= 4 is 28.3 Å². The van der Waals surface area contributed by atoms with Crippen molar-refractivity contribution in [1.82, 2.24) is 0 Å². The van der Waals surface area contributed by atoms with E-state index < -0.39 is 0 Å². The monoisotopic (exact) mass is 275 g/mol. The smallest absolute Gasteiger partial charge is 0.0452 e. The maximum atomic E-state index is 5.82. The molecule has 0 amide bonds. The van der Waals surface area contributed by atoms with Crippen molar-refractivity contribution in [3.8, 4) is 0 Å². The van der Waals surface area contributed by atoms with Crippen LogP contribution in [-0.4, -0.2) is 0 Å². The normalized spacial score (nSPS) is 10.8. The lowest BCUT2D eigenvalue weighted by Crippen LogP contribution is -1.97. The number of nitrogen functional groups attached to an aromatic ring is 1. The van der Waals surface area contributed by atoms with Crippen LogP contribution in [0.2, 0.25) is 0 Å². The molecule has 66 valence electrons. The van der Waals surface area contributed by atoms with Gasteiger partial charge in [-0.15, -0.1) is 0 Å². The van der Waals surface area contributed by atoms with Gasteiger partial charge in [0.15, 0.2) is 0 Å². The number of hydrogen-bond acceptors (Lipinski definition) is 1. The van der Waals surface area contributed by atoms with Crippen LogP contribution in [0.25, 0.3) is 0 Å². The highest BCUT2D eigenvalue weighted by Crippen LogP contribution is 2.25. The van der Waals surface area contributed by atoms with Crippen LogP contribution < -0.4 is 5.73 Å². The van der Waals surface area contributed by atoms with Crippen LogP contribution in [-0.2, 0) is 0 Å². The highest BCUT2D eigenvalue weighted by Gasteiger charge is 2.05. The molecule has 0 heterocycles. The molecule has 1 aromatic rings. The number of rotatable bonds is 1. The maximum Gasteiger partial charge on any atom is 0.0452 e. The minimum absolute atomic E-state index is 0.560. The number of nitrogens with two attached hydrogens (primary N) is 1. The van der Waals surface area contributed by atoms with Crippen molar-refractivity contribution < 1.29 is 0 Å². The van der Waals surface area contributed by atoms with Crippen molar-refractivity contribution in [2.45, 2.75) is 26.7 Å². The van der Waals surface area contributed by atoms with Crippen molar-refractivity contribution in [3.63, 3.8) is 0 Å². The van der Waals surface area contributed by atoms with E-state index in [1.54, 1.807) is 0 Å². The first-order valence-electron chi connectivity index (χ1n) is 4.08. The zero-order chi connectivity index (χ0) is 9.30. The second-order valence-corrected chi connectivity index (χ2v) is 4.55. The Morgan fingerprint density at radius 1 is 1.33 bits per heavy atom. The third-order valence-corrected chi connectivity index (χ3v) is 2.94. The molecule has 1 aromatic carbocycles. The molecule has 0 atom stereocenters. The number of benzene rings is 1. The molecule has 1 nitrogen and oxygen atoms in total. The SMILES string of the molecule is Cc1cc(I)c(N)cc1C(C)C. The van der Waals surface area contributed by atoms with Crippen LogP contribution in [0.4, 0.5) is 5.69 Å². The van der Waals surface area contributed by atoms with Gasteiger partial charge >= 0.3 is 0 Å². The molecule has 0 radical (unpaired) electrons. The molecule has 0 aliphatic carbocycles. The third kappa shape index (κ3) is 1.91. The van der Waals surface area contributed by atoms with Crippen molar-refractivity contribution in [3.05, 3.63) is 26.8 Å². The van der Waals surface area contributed by atoms with Gasteiger partial charge in [0.05, 0.1) is 0 Å². The van der Waals surface area contributed by atoms with Crippen molar-refractivity contribution in [2.75, 3.05) is 5.73 Å². The Kier molecular flexibility index (Phi) is 2.99.